The average molecular weight is 371 g/mol. The molecule has 7 heteroatoms. The Bertz CT molecular complexity index is 979. The molecule has 0 radical (unpaired) electrons. The summed E-state index contributed by atoms with van der Waals surface area (Å²) in [4.78, 5) is 4.41. The van der Waals surface area contributed by atoms with E-state index in [0.717, 1.165) is 24.0 Å². The number of aryl methyl sites for hydroxylation is 2. The second-order valence-electron chi connectivity index (χ2n) is 6.07. The van der Waals surface area contributed by atoms with Crippen LogP contribution < -0.4 is 4.72 Å². The summed E-state index contributed by atoms with van der Waals surface area (Å²) in [7, 11) is -3.67. The van der Waals surface area contributed by atoms with Crippen molar-refractivity contribution in [3.8, 4) is 0 Å². The molecule has 0 aliphatic carbocycles. The van der Waals surface area contributed by atoms with Gasteiger partial charge in [0.25, 0.3) is 10.0 Å². The van der Waals surface area contributed by atoms with E-state index in [-0.39, 0.29) is 4.90 Å². The fraction of sp³-hybridized carbons (Fsp3) is 0.263. The fourth-order valence-corrected chi connectivity index (χ4v) is 3.78. The topological polar surface area (TPSA) is 85.1 Å². The maximum atomic E-state index is 12.7. The van der Waals surface area contributed by atoms with E-state index >= 15 is 0 Å². The minimum atomic E-state index is -3.67. The lowest BCUT2D eigenvalue weighted by atomic mass is 10.1. The maximum Gasteiger partial charge on any atom is 0.261 e. The van der Waals surface area contributed by atoms with Crippen LogP contribution in [0.25, 0.3) is 0 Å². The molecule has 3 rings (SSSR count). The molecule has 0 saturated heterocycles. The fourth-order valence-electron chi connectivity index (χ4n) is 2.68. The number of nitrogens with zero attached hydrogens (tertiary/aromatic N) is 2. The summed E-state index contributed by atoms with van der Waals surface area (Å²) >= 11 is 0. The quantitative estimate of drug-likeness (QED) is 0.684. The predicted octanol–water partition coefficient (Wildman–Crippen LogP) is 3.72. The molecule has 0 fully saturated rings. The molecule has 2 aromatic carbocycles. The Morgan fingerprint density at radius 2 is 1.81 bits per heavy atom. The predicted molar refractivity (Wildman–Crippen MR) is 99.5 cm³/mol. The average Bonchev–Trinajstić information content (AvgIpc) is 3.02. The van der Waals surface area contributed by atoms with Crippen LogP contribution in [0.4, 0.5) is 5.69 Å². The lowest BCUT2D eigenvalue weighted by Crippen LogP contribution is -2.14. The van der Waals surface area contributed by atoms with E-state index in [4.69, 9.17) is 4.52 Å². The van der Waals surface area contributed by atoms with Gasteiger partial charge in [0.1, 0.15) is 0 Å². The molecule has 0 aliphatic heterocycles. The summed E-state index contributed by atoms with van der Waals surface area (Å²) in [5.41, 5.74) is 2.39. The first kappa shape index (κ1) is 18.1. The Morgan fingerprint density at radius 3 is 2.46 bits per heavy atom. The van der Waals surface area contributed by atoms with Gasteiger partial charge in [-0.3, -0.25) is 4.72 Å². The summed E-state index contributed by atoms with van der Waals surface area (Å²) in [6.45, 7) is 3.83. The molecule has 0 bridgehead atoms. The Hall–Kier alpha value is -2.67. The first-order chi connectivity index (χ1) is 12.5. The molecule has 3 aromatic rings. The van der Waals surface area contributed by atoms with Gasteiger partial charge in [-0.25, -0.2) is 8.42 Å². The molecule has 0 atom stereocenters. The second-order valence-corrected chi connectivity index (χ2v) is 7.75. The number of sulfonamides is 1. The van der Waals surface area contributed by atoms with Crippen molar-refractivity contribution in [3.05, 3.63) is 71.4 Å². The number of hydrogen-bond acceptors (Lipinski definition) is 5. The zero-order valence-corrected chi connectivity index (χ0v) is 15.6. The highest BCUT2D eigenvalue weighted by molar-refractivity contribution is 7.92. The SMILES string of the molecule is CCCc1ccc(S(=O)(=O)Nc2ccccc2Cc2nc(C)no2)cc1. The standard InChI is InChI=1S/C19H21N3O3S/c1-3-6-15-9-11-17(12-10-15)26(23,24)22-18-8-5-4-7-16(18)13-19-20-14(2)21-25-19/h4-5,7-12,22H,3,6,13H2,1-2H3. The van der Waals surface area contributed by atoms with Crippen molar-refractivity contribution >= 4 is 15.7 Å². The Balaban J connectivity index is 1.83. The highest BCUT2D eigenvalue weighted by Gasteiger charge is 2.17. The zero-order chi connectivity index (χ0) is 18.6. The number of anilines is 1. The van der Waals surface area contributed by atoms with E-state index in [2.05, 4.69) is 21.8 Å². The van der Waals surface area contributed by atoms with E-state index in [1.54, 1.807) is 31.2 Å². The van der Waals surface area contributed by atoms with Gasteiger partial charge in [-0.2, -0.15) is 4.98 Å². The zero-order valence-electron chi connectivity index (χ0n) is 14.8. The first-order valence-electron chi connectivity index (χ1n) is 8.47. The van der Waals surface area contributed by atoms with Crippen LogP contribution in [0.2, 0.25) is 0 Å². The van der Waals surface area contributed by atoms with E-state index < -0.39 is 10.0 Å². The summed E-state index contributed by atoms with van der Waals surface area (Å²) in [6.07, 6.45) is 2.31. The Labute approximate surface area is 153 Å². The molecule has 0 aliphatic rings. The third-order valence-electron chi connectivity index (χ3n) is 3.95. The van der Waals surface area contributed by atoms with Crippen molar-refractivity contribution in [1.29, 1.82) is 0 Å². The number of para-hydroxylation sites is 1. The molecule has 1 N–H and O–H groups in total. The van der Waals surface area contributed by atoms with Gasteiger partial charge in [0.05, 0.1) is 17.0 Å². The maximum absolute atomic E-state index is 12.7. The molecule has 0 saturated carbocycles. The van der Waals surface area contributed by atoms with Gasteiger partial charge in [0, 0.05) is 0 Å². The van der Waals surface area contributed by atoms with Crippen LogP contribution in [0.1, 0.15) is 36.2 Å². The number of benzene rings is 2. The molecule has 0 amide bonds. The van der Waals surface area contributed by atoms with Gasteiger partial charge in [-0.1, -0.05) is 48.8 Å². The molecule has 26 heavy (non-hydrogen) atoms. The van der Waals surface area contributed by atoms with Crippen LogP contribution in [0.5, 0.6) is 0 Å². The molecule has 1 heterocycles. The number of rotatable bonds is 7. The summed E-state index contributed by atoms with van der Waals surface area (Å²) in [6, 6.07) is 14.2. The second kappa shape index (κ2) is 7.70. The van der Waals surface area contributed by atoms with Gasteiger partial charge < -0.3 is 4.52 Å². The molecule has 136 valence electrons. The minimum absolute atomic E-state index is 0.237. The van der Waals surface area contributed by atoms with Crippen LogP contribution in [0.15, 0.2) is 57.9 Å². The van der Waals surface area contributed by atoms with Gasteiger partial charge in [0.15, 0.2) is 5.82 Å². The number of nitrogens with one attached hydrogen (secondary N) is 1. The largest absolute Gasteiger partial charge is 0.339 e. The number of hydrogen-bond donors (Lipinski definition) is 1. The van der Waals surface area contributed by atoms with Gasteiger partial charge in [-0.05, 0) is 42.7 Å². The molecular formula is C19H21N3O3S. The van der Waals surface area contributed by atoms with Crippen LogP contribution in [0, 0.1) is 6.92 Å². The normalized spacial score (nSPS) is 11.5. The van der Waals surface area contributed by atoms with Crippen LogP contribution >= 0.6 is 0 Å². The Kier molecular flexibility index (Phi) is 5.37. The lowest BCUT2D eigenvalue weighted by Gasteiger charge is -2.12. The third-order valence-corrected chi connectivity index (χ3v) is 5.33. The molecule has 6 nitrogen and oxygen atoms in total. The van der Waals surface area contributed by atoms with Gasteiger partial charge in [0.2, 0.25) is 5.89 Å². The van der Waals surface area contributed by atoms with Crippen LogP contribution in [0.3, 0.4) is 0 Å². The van der Waals surface area contributed by atoms with Crippen molar-refractivity contribution in [2.24, 2.45) is 0 Å². The van der Waals surface area contributed by atoms with Gasteiger partial charge >= 0.3 is 0 Å². The first-order valence-corrected chi connectivity index (χ1v) is 9.95. The van der Waals surface area contributed by atoms with E-state index in [0.29, 0.717) is 23.8 Å². The van der Waals surface area contributed by atoms with Crippen molar-refractivity contribution in [3.63, 3.8) is 0 Å². The van der Waals surface area contributed by atoms with E-state index in [9.17, 15) is 8.42 Å². The van der Waals surface area contributed by atoms with Crippen molar-refractivity contribution < 1.29 is 12.9 Å². The minimum Gasteiger partial charge on any atom is -0.339 e. The van der Waals surface area contributed by atoms with Crippen molar-refractivity contribution in [2.45, 2.75) is 38.0 Å². The Morgan fingerprint density at radius 1 is 1.08 bits per heavy atom. The van der Waals surface area contributed by atoms with Gasteiger partial charge in [-0.15, -0.1) is 0 Å². The summed E-state index contributed by atoms with van der Waals surface area (Å²) in [5.74, 6) is 0.989. The molecule has 0 spiro atoms. The molecule has 1 aromatic heterocycles. The monoisotopic (exact) mass is 371 g/mol. The lowest BCUT2D eigenvalue weighted by molar-refractivity contribution is 0.381. The summed E-state index contributed by atoms with van der Waals surface area (Å²) < 4.78 is 33.2. The van der Waals surface area contributed by atoms with Crippen molar-refractivity contribution in [1.82, 2.24) is 10.1 Å². The van der Waals surface area contributed by atoms with Crippen molar-refractivity contribution in [2.75, 3.05) is 4.72 Å². The molecule has 0 unspecified atom stereocenters. The van der Waals surface area contributed by atoms with Crippen LogP contribution in [-0.2, 0) is 22.9 Å². The highest BCUT2D eigenvalue weighted by Crippen LogP contribution is 2.22. The third kappa shape index (κ3) is 4.29. The van der Waals surface area contributed by atoms with E-state index in [1.807, 2.05) is 24.3 Å². The highest BCUT2D eigenvalue weighted by atomic mass is 32.2. The smallest absolute Gasteiger partial charge is 0.261 e. The van der Waals surface area contributed by atoms with Crippen LogP contribution in [-0.4, -0.2) is 18.6 Å². The number of aromatic nitrogens is 2. The van der Waals surface area contributed by atoms with E-state index in [1.165, 1.54) is 0 Å². The summed E-state index contributed by atoms with van der Waals surface area (Å²) in [5, 5.41) is 3.76. The molecular weight excluding hydrogens is 350 g/mol.